The SMILES string of the molecule is CC1(NS(=O)(=O)c2ccc(C(N)=S)c(Cl)c2)CCOCC1. The molecule has 1 saturated heterocycles. The van der Waals surface area contributed by atoms with Crippen molar-refractivity contribution in [3.63, 3.8) is 0 Å². The van der Waals surface area contributed by atoms with Crippen molar-refractivity contribution in [3.05, 3.63) is 28.8 Å². The number of nitrogens with one attached hydrogen (secondary N) is 1. The van der Waals surface area contributed by atoms with Gasteiger partial charge in [0.1, 0.15) is 4.99 Å². The first-order valence-corrected chi connectivity index (χ1v) is 8.72. The van der Waals surface area contributed by atoms with Crippen LogP contribution < -0.4 is 10.5 Å². The Labute approximate surface area is 134 Å². The van der Waals surface area contributed by atoms with Crippen molar-refractivity contribution in [3.8, 4) is 0 Å². The Hall–Kier alpha value is -0.730. The van der Waals surface area contributed by atoms with E-state index in [1.165, 1.54) is 18.2 Å². The van der Waals surface area contributed by atoms with Crippen molar-refractivity contribution in [1.29, 1.82) is 0 Å². The van der Waals surface area contributed by atoms with Crippen LogP contribution >= 0.6 is 23.8 Å². The lowest BCUT2D eigenvalue weighted by Gasteiger charge is -2.34. The van der Waals surface area contributed by atoms with Crippen molar-refractivity contribution < 1.29 is 13.2 Å². The quantitative estimate of drug-likeness (QED) is 0.811. The molecule has 8 heteroatoms. The molecule has 1 fully saturated rings. The van der Waals surface area contributed by atoms with E-state index in [1.54, 1.807) is 0 Å². The maximum atomic E-state index is 12.5. The molecule has 1 aromatic rings. The second kappa shape index (κ2) is 6.18. The number of sulfonamides is 1. The number of hydrogen-bond acceptors (Lipinski definition) is 4. The topological polar surface area (TPSA) is 81.4 Å². The summed E-state index contributed by atoms with van der Waals surface area (Å²) in [7, 11) is -3.66. The van der Waals surface area contributed by atoms with E-state index in [2.05, 4.69) is 4.72 Å². The molecule has 0 radical (unpaired) electrons. The Bertz CT molecular complexity index is 655. The van der Waals surface area contributed by atoms with Gasteiger partial charge >= 0.3 is 0 Å². The van der Waals surface area contributed by atoms with Crippen LogP contribution in [0.3, 0.4) is 0 Å². The van der Waals surface area contributed by atoms with Gasteiger partial charge in [0.15, 0.2) is 0 Å². The zero-order valence-electron chi connectivity index (χ0n) is 11.6. The summed E-state index contributed by atoms with van der Waals surface area (Å²) in [6.07, 6.45) is 1.26. The van der Waals surface area contributed by atoms with Gasteiger partial charge in [-0.3, -0.25) is 0 Å². The molecule has 0 unspecified atom stereocenters. The summed E-state index contributed by atoms with van der Waals surface area (Å²) in [4.78, 5) is 0.230. The first-order chi connectivity index (χ1) is 9.73. The lowest BCUT2D eigenvalue weighted by Crippen LogP contribution is -2.49. The van der Waals surface area contributed by atoms with E-state index in [4.69, 9.17) is 34.3 Å². The molecule has 1 aliphatic heterocycles. The van der Waals surface area contributed by atoms with Crippen molar-refractivity contribution in [2.45, 2.75) is 30.2 Å². The van der Waals surface area contributed by atoms with Gasteiger partial charge in [0.05, 0.1) is 9.92 Å². The van der Waals surface area contributed by atoms with E-state index in [9.17, 15) is 8.42 Å². The molecule has 1 heterocycles. The van der Waals surface area contributed by atoms with Gasteiger partial charge in [-0.15, -0.1) is 0 Å². The summed E-state index contributed by atoms with van der Waals surface area (Å²) in [6, 6.07) is 4.33. The lowest BCUT2D eigenvalue weighted by atomic mass is 9.94. The predicted octanol–water partition coefficient (Wildman–Crippen LogP) is 1.82. The summed E-state index contributed by atoms with van der Waals surface area (Å²) < 4.78 is 32.9. The zero-order valence-corrected chi connectivity index (χ0v) is 13.9. The average molecular weight is 349 g/mol. The third-order valence-corrected chi connectivity index (χ3v) is 5.66. The maximum absolute atomic E-state index is 12.5. The van der Waals surface area contributed by atoms with Crippen LogP contribution in [0.5, 0.6) is 0 Å². The fourth-order valence-electron chi connectivity index (χ4n) is 2.17. The third-order valence-electron chi connectivity index (χ3n) is 3.49. The molecule has 1 aliphatic rings. The fraction of sp³-hybridized carbons (Fsp3) is 0.462. The Morgan fingerprint density at radius 1 is 1.43 bits per heavy atom. The molecule has 1 aromatic carbocycles. The van der Waals surface area contributed by atoms with Gasteiger partial charge in [-0.1, -0.05) is 23.8 Å². The summed E-state index contributed by atoms with van der Waals surface area (Å²) in [5.41, 5.74) is 5.46. The Morgan fingerprint density at radius 2 is 2.05 bits per heavy atom. The number of rotatable bonds is 4. The van der Waals surface area contributed by atoms with Crippen LogP contribution in [0, 0.1) is 0 Å². The van der Waals surface area contributed by atoms with Crippen molar-refractivity contribution in [2.24, 2.45) is 5.73 Å². The predicted molar refractivity (Wildman–Crippen MR) is 86.1 cm³/mol. The minimum atomic E-state index is -3.66. The van der Waals surface area contributed by atoms with E-state index in [0.29, 0.717) is 31.6 Å². The molecule has 0 bridgehead atoms. The van der Waals surface area contributed by atoms with Crippen LogP contribution in [-0.4, -0.2) is 32.2 Å². The van der Waals surface area contributed by atoms with Crippen LogP contribution in [0.1, 0.15) is 25.3 Å². The van der Waals surface area contributed by atoms with E-state index in [0.717, 1.165) is 0 Å². The molecule has 5 nitrogen and oxygen atoms in total. The van der Waals surface area contributed by atoms with Crippen molar-refractivity contribution in [2.75, 3.05) is 13.2 Å². The molecule has 0 amide bonds. The number of nitrogens with two attached hydrogens (primary N) is 1. The molecule has 0 aromatic heterocycles. The fourth-order valence-corrected chi connectivity index (χ4v) is 4.24. The monoisotopic (exact) mass is 348 g/mol. The minimum Gasteiger partial charge on any atom is -0.389 e. The molecule has 116 valence electrons. The van der Waals surface area contributed by atoms with Crippen LogP contribution in [0.4, 0.5) is 0 Å². The summed E-state index contributed by atoms with van der Waals surface area (Å²) in [5, 5.41) is 0.225. The van der Waals surface area contributed by atoms with Crippen LogP contribution in [0.25, 0.3) is 0 Å². The largest absolute Gasteiger partial charge is 0.389 e. The van der Waals surface area contributed by atoms with Gasteiger partial charge in [-0.05, 0) is 38.0 Å². The molecule has 21 heavy (non-hydrogen) atoms. The van der Waals surface area contributed by atoms with Gasteiger partial charge in [0.25, 0.3) is 0 Å². The smallest absolute Gasteiger partial charge is 0.241 e. The molecular weight excluding hydrogens is 332 g/mol. The Morgan fingerprint density at radius 3 is 2.57 bits per heavy atom. The van der Waals surface area contributed by atoms with Crippen LogP contribution in [0.15, 0.2) is 23.1 Å². The highest BCUT2D eigenvalue weighted by molar-refractivity contribution is 7.89. The van der Waals surface area contributed by atoms with E-state index in [1.807, 2.05) is 6.92 Å². The number of benzene rings is 1. The molecule has 3 N–H and O–H groups in total. The second-order valence-electron chi connectivity index (χ2n) is 5.28. The van der Waals surface area contributed by atoms with Gasteiger partial charge in [-0.2, -0.15) is 0 Å². The number of halogens is 1. The first kappa shape index (κ1) is 16.6. The van der Waals surface area contributed by atoms with Crippen molar-refractivity contribution >= 4 is 38.8 Å². The first-order valence-electron chi connectivity index (χ1n) is 6.45. The van der Waals surface area contributed by atoms with Gasteiger partial charge < -0.3 is 10.5 Å². The number of hydrogen-bond donors (Lipinski definition) is 2. The summed E-state index contributed by atoms with van der Waals surface area (Å²) in [5.74, 6) is 0. The number of thiocarbonyl (C=S) groups is 1. The molecule has 2 rings (SSSR count). The highest BCUT2D eigenvalue weighted by Gasteiger charge is 2.32. The minimum absolute atomic E-state index is 0.0974. The molecule has 0 spiro atoms. The summed E-state index contributed by atoms with van der Waals surface area (Å²) >= 11 is 10.9. The highest BCUT2D eigenvalue weighted by atomic mass is 35.5. The molecule has 0 atom stereocenters. The average Bonchev–Trinajstić information content (AvgIpc) is 2.37. The van der Waals surface area contributed by atoms with Crippen LogP contribution in [0.2, 0.25) is 5.02 Å². The summed E-state index contributed by atoms with van der Waals surface area (Å²) in [6.45, 7) is 2.96. The lowest BCUT2D eigenvalue weighted by molar-refractivity contribution is 0.0537. The number of ether oxygens (including phenoxy) is 1. The second-order valence-corrected chi connectivity index (χ2v) is 7.81. The van der Waals surface area contributed by atoms with E-state index < -0.39 is 15.6 Å². The zero-order chi connectivity index (χ0) is 15.7. The van der Waals surface area contributed by atoms with E-state index in [-0.39, 0.29) is 14.9 Å². The molecule has 0 aliphatic carbocycles. The Kier molecular flexibility index (Phi) is 4.89. The van der Waals surface area contributed by atoms with Crippen LogP contribution in [-0.2, 0) is 14.8 Å². The maximum Gasteiger partial charge on any atom is 0.241 e. The van der Waals surface area contributed by atoms with E-state index >= 15 is 0 Å². The standard InChI is InChI=1S/C13H17ClN2O3S2/c1-13(4-6-19-7-5-13)16-21(17,18)9-2-3-10(12(15)20)11(14)8-9/h2-3,8,16H,4-7H2,1H3,(H2,15,20). The van der Waals surface area contributed by atoms with Crippen molar-refractivity contribution in [1.82, 2.24) is 4.72 Å². The van der Waals surface area contributed by atoms with Gasteiger partial charge in [-0.25, -0.2) is 13.1 Å². The van der Waals surface area contributed by atoms with Gasteiger partial charge in [0.2, 0.25) is 10.0 Å². The van der Waals surface area contributed by atoms with Gasteiger partial charge in [0, 0.05) is 24.3 Å². The third kappa shape index (κ3) is 3.92. The molecular formula is C13H17ClN2O3S2. The normalized spacial score (nSPS) is 18.4. The highest BCUT2D eigenvalue weighted by Crippen LogP contribution is 2.25. The Balaban J connectivity index is 2.27. The molecule has 0 saturated carbocycles.